The number of benzene rings is 2. The molecule has 0 spiro atoms. The monoisotopic (exact) mass is 419 g/mol. The molecule has 3 aromatic rings. The van der Waals surface area contributed by atoms with Gasteiger partial charge in [0.15, 0.2) is 11.2 Å². The molecule has 5 rings (SSSR count). The Bertz CT molecular complexity index is 1180. The van der Waals surface area contributed by atoms with Gasteiger partial charge < -0.3 is 19.5 Å². The van der Waals surface area contributed by atoms with E-state index in [1.165, 1.54) is 16.7 Å². The van der Waals surface area contributed by atoms with Crippen molar-refractivity contribution >= 4 is 22.6 Å². The van der Waals surface area contributed by atoms with Gasteiger partial charge in [0, 0.05) is 16.8 Å². The molecule has 2 aliphatic heterocycles. The van der Waals surface area contributed by atoms with E-state index < -0.39 is 0 Å². The van der Waals surface area contributed by atoms with Gasteiger partial charge in [-0.1, -0.05) is 29.5 Å². The van der Waals surface area contributed by atoms with E-state index in [0.29, 0.717) is 0 Å². The van der Waals surface area contributed by atoms with Crippen molar-refractivity contribution in [1.29, 1.82) is 0 Å². The highest BCUT2D eigenvalue weighted by molar-refractivity contribution is 7.13. The van der Waals surface area contributed by atoms with Crippen molar-refractivity contribution in [3.05, 3.63) is 64.5 Å². The third-order valence-electron chi connectivity index (χ3n) is 5.72. The van der Waals surface area contributed by atoms with E-state index in [-0.39, 0.29) is 11.6 Å². The topological polar surface area (TPSA) is 39.7 Å². The molecule has 154 valence electrons. The number of thiophene rings is 1. The van der Waals surface area contributed by atoms with Crippen LogP contribution in [0.4, 0.5) is 5.69 Å². The SMILES string of the molecule is COc1ccc(C2Oc3cccc(OC)c3-c3ccc4c(c32)C(C)=CC(C)(C)N4)s1. The second-order valence-corrected chi connectivity index (χ2v) is 9.39. The average Bonchev–Trinajstić information content (AvgIpc) is 3.20. The van der Waals surface area contributed by atoms with Gasteiger partial charge >= 0.3 is 0 Å². The van der Waals surface area contributed by atoms with Gasteiger partial charge in [-0.2, -0.15) is 0 Å². The van der Waals surface area contributed by atoms with Gasteiger partial charge in [-0.3, -0.25) is 0 Å². The first-order valence-electron chi connectivity index (χ1n) is 10.0. The van der Waals surface area contributed by atoms with Crippen molar-refractivity contribution in [2.24, 2.45) is 0 Å². The molecule has 0 amide bonds. The summed E-state index contributed by atoms with van der Waals surface area (Å²) in [5.74, 6) is 1.66. The van der Waals surface area contributed by atoms with E-state index in [0.717, 1.165) is 38.3 Å². The second-order valence-electron chi connectivity index (χ2n) is 8.32. The maximum Gasteiger partial charge on any atom is 0.173 e. The molecule has 1 aromatic heterocycles. The molecule has 5 heteroatoms. The molecule has 2 aromatic carbocycles. The number of fused-ring (bicyclic) bond motifs is 5. The van der Waals surface area contributed by atoms with E-state index in [1.54, 1.807) is 25.6 Å². The first-order chi connectivity index (χ1) is 14.4. The zero-order valence-electron chi connectivity index (χ0n) is 17.8. The van der Waals surface area contributed by atoms with Crippen molar-refractivity contribution in [3.8, 4) is 27.7 Å². The normalized spacial score (nSPS) is 18.2. The van der Waals surface area contributed by atoms with Crippen LogP contribution in [0.3, 0.4) is 0 Å². The lowest BCUT2D eigenvalue weighted by atomic mass is 9.81. The Morgan fingerprint density at radius 2 is 1.83 bits per heavy atom. The minimum Gasteiger partial charge on any atom is -0.496 e. The van der Waals surface area contributed by atoms with E-state index >= 15 is 0 Å². The number of allylic oxidation sites excluding steroid dienone is 1. The molecule has 1 N–H and O–H groups in total. The van der Waals surface area contributed by atoms with Gasteiger partial charge in [0.05, 0.1) is 30.2 Å². The zero-order chi connectivity index (χ0) is 21.0. The number of methoxy groups -OCH3 is 2. The Balaban J connectivity index is 1.81. The van der Waals surface area contributed by atoms with Crippen LogP contribution in [0.2, 0.25) is 0 Å². The molecular weight excluding hydrogens is 394 g/mol. The third kappa shape index (κ3) is 2.88. The van der Waals surface area contributed by atoms with Crippen molar-refractivity contribution in [2.75, 3.05) is 19.5 Å². The molecule has 1 unspecified atom stereocenters. The largest absolute Gasteiger partial charge is 0.496 e. The summed E-state index contributed by atoms with van der Waals surface area (Å²) in [5, 5.41) is 4.55. The summed E-state index contributed by atoms with van der Waals surface area (Å²) >= 11 is 1.62. The van der Waals surface area contributed by atoms with Crippen LogP contribution in [0, 0.1) is 0 Å². The molecule has 0 bridgehead atoms. The number of hydrogen-bond acceptors (Lipinski definition) is 5. The van der Waals surface area contributed by atoms with Crippen LogP contribution in [0.1, 0.15) is 42.9 Å². The van der Waals surface area contributed by atoms with Crippen LogP contribution in [-0.4, -0.2) is 19.8 Å². The summed E-state index contributed by atoms with van der Waals surface area (Å²) in [5.41, 5.74) is 6.83. The standard InChI is InChI=1S/C25H25NO3S/c1-14-13-25(2,3)26-16-10-9-15-22-17(27-4)7-6-8-18(22)29-24(23(15)21(14)16)19-11-12-20(28-5)30-19/h6-13,24,26H,1-5H3. The molecule has 0 fully saturated rings. The Hall–Kier alpha value is -2.92. The Labute approximate surface area is 181 Å². The van der Waals surface area contributed by atoms with Crippen molar-refractivity contribution in [3.63, 3.8) is 0 Å². The molecule has 2 aliphatic rings. The molecule has 0 aliphatic carbocycles. The van der Waals surface area contributed by atoms with Crippen molar-refractivity contribution in [2.45, 2.75) is 32.4 Å². The number of hydrogen-bond donors (Lipinski definition) is 1. The summed E-state index contributed by atoms with van der Waals surface area (Å²) in [7, 11) is 3.41. The minimum atomic E-state index is -0.213. The van der Waals surface area contributed by atoms with Gasteiger partial charge in [-0.05, 0) is 62.2 Å². The maximum absolute atomic E-state index is 6.63. The van der Waals surface area contributed by atoms with Crippen LogP contribution in [0.25, 0.3) is 16.7 Å². The highest BCUT2D eigenvalue weighted by Gasteiger charge is 2.36. The van der Waals surface area contributed by atoms with E-state index in [1.807, 2.05) is 24.3 Å². The fourth-order valence-corrected chi connectivity index (χ4v) is 5.51. The van der Waals surface area contributed by atoms with Crippen molar-refractivity contribution in [1.82, 2.24) is 0 Å². The van der Waals surface area contributed by atoms with Crippen LogP contribution < -0.4 is 19.5 Å². The molecular formula is C25H25NO3S. The van der Waals surface area contributed by atoms with E-state index in [9.17, 15) is 0 Å². The molecule has 1 atom stereocenters. The first kappa shape index (κ1) is 19.1. The number of rotatable bonds is 3. The Morgan fingerprint density at radius 3 is 2.57 bits per heavy atom. The molecule has 30 heavy (non-hydrogen) atoms. The first-order valence-corrected chi connectivity index (χ1v) is 10.9. The van der Waals surface area contributed by atoms with Crippen LogP contribution in [0.5, 0.6) is 16.6 Å². The van der Waals surface area contributed by atoms with Crippen LogP contribution >= 0.6 is 11.3 Å². The smallest absolute Gasteiger partial charge is 0.173 e. The lowest BCUT2D eigenvalue weighted by Gasteiger charge is -2.37. The fraction of sp³-hybridized carbons (Fsp3) is 0.280. The van der Waals surface area contributed by atoms with Crippen LogP contribution in [0.15, 0.2) is 48.5 Å². The summed E-state index contributed by atoms with van der Waals surface area (Å²) in [4.78, 5) is 1.12. The lowest BCUT2D eigenvalue weighted by Crippen LogP contribution is -2.32. The summed E-state index contributed by atoms with van der Waals surface area (Å²) in [6, 6.07) is 14.5. The summed E-state index contributed by atoms with van der Waals surface area (Å²) in [6.07, 6.45) is 2.08. The second kappa shape index (κ2) is 6.81. The zero-order valence-corrected chi connectivity index (χ0v) is 18.6. The number of anilines is 1. The van der Waals surface area contributed by atoms with Gasteiger partial charge in [0.25, 0.3) is 0 Å². The minimum absolute atomic E-state index is 0.0991. The summed E-state index contributed by atoms with van der Waals surface area (Å²) in [6.45, 7) is 6.57. The van der Waals surface area contributed by atoms with Gasteiger partial charge in [0.2, 0.25) is 0 Å². The molecule has 0 saturated carbocycles. The van der Waals surface area contributed by atoms with Gasteiger partial charge in [0.1, 0.15) is 11.5 Å². The lowest BCUT2D eigenvalue weighted by molar-refractivity contribution is 0.245. The quantitative estimate of drug-likeness (QED) is 0.524. The summed E-state index contributed by atoms with van der Waals surface area (Å²) < 4.78 is 17.8. The molecule has 4 nitrogen and oxygen atoms in total. The molecule has 0 saturated heterocycles. The maximum atomic E-state index is 6.63. The Morgan fingerprint density at radius 1 is 1.00 bits per heavy atom. The predicted molar refractivity (Wildman–Crippen MR) is 123 cm³/mol. The van der Waals surface area contributed by atoms with E-state index in [2.05, 4.69) is 50.4 Å². The number of ether oxygens (including phenoxy) is 3. The number of nitrogens with one attached hydrogen (secondary N) is 1. The highest BCUT2D eigenvalue weighted by atomic mass is 32.1. The average molecular weight is 420 g/mol. The molecule has 3 heterocycles. The van der Waals surface area contributed by atoms with Crippen LogP contribution in [-0.2, 0) is 0 Å². The highest BCUT2D eigenvalue weighted by Crippen LogP contribution is 2.54. The fourth-order valence-electron chi connectivity index (χ4n) is 4.65. The van der Waals surface area contributed by atoms with E-state index in [4.69, 9.17) is 14.2 Å². The van der Waals surface area contributed by atoms with Gasteiger partial charge in [-0.25, -0.2) is 0 Å². The van der Waals surface area contributed by atoms with Gasteiger partial charge in [-0.15, -0.1) is 0 Å². The Kier molecular flexibility index (Phi) is 4.33. The predicted octanol–water partition coefficient (Wildman–Crippen LogP) is 6.52. The van der Waals surface area contributed by atoms with Crippen molar-refractivity contribution < 1.29 is 14.2 Å². The molecule has 0 radical (unpaired) electrons. The third-order valence-corrected chi connectivity index (χ3v) is 6.81.